The molecule has 10 aromatic carbocycles. The molecule has 38 heteroatoms. The van der Waals surface area contributed by atoms with Crippen molar-refractivity contribution in [1.82, 2.24) is 48.7 Å². The number of benzene rings is 10. The van der Waals surface area contributed by atoms with Crippen molar-refractivity contribution in [3.05, 3.63) is 301 Å². The van der Waals surface area contributed by atoms with E-state index in [2.05, 4.69) is 113 Å². The Hall–Kier alpha value is -9.75. The second-order valence-corrected chi connectivity index (χ2v) is 33.2. The topological polar surface area (TPSA) is 207 Å². The molecule has 0 spiro atoms. The fraction of sp³-hybridized carbons (Fsp3) is 0.157. The van der Waals surface area contributed by atoms with Crippen molar-refractivity contribution in [3.63, 3.8) is 0 Å². The van der Waals surface area contributed by atoms with Gasteiger partial charge in [0.25, 0.3) is 15.0 Å². The molecule has 1 radical (unpaired) electrons. The quantitative estimate of drug-likeness (QED) is 0.0191. The van der Waals surface area contributed by atoms with Gasteiger partial charge in [-0.15, -0.1) is 11.8 Å². The van der Waals surface area contributed by atoms with Crippen LogP contribution in [0.1, 0.15) is 69.5 Å². The van der Waals surface area contributed by atoms with Gasteiger partial charge in [-0.1, -0.05) is 122 Å². The van der Waals surface area contributed by atoms with Crippen molar-refractivity contribution >= 4 is 174 Å². The van der Waals surface area contributed by atoms with E-state index < -0.39 is 73.5 Å². The number of rotatable bonds is 10. The lowest BCUT2D eigenvalue weighted by Crippen LogP contribution is -2.38. The summed E-state index contributed by atoms with van der Waals surface area (Å²) < 4.78 is 183. The van der Waals surface area contributed by atoms with Gasteiger partial charge in [-0.3, -0.25) is 4.79 Å². The maximum absolute atomic E-state index is 13.0. The molecule has 5 heterocycles. The second kappa shape index (κ2) is 41.0. The minimum Gasteiger partial charge on any atom is -0.537 e. The zero-order valence-electron chi connectivity index (χ0n) is 63.5. The van der Waals surface area contributed by atoms with Gasteiger partial charge >= 0.3 is 38.4 Å². The van der Waals surface area contributed by atoms with Crippen LogP contribution in [0.15, 0.2) is 250 Å². The number of carbonyl (C=O) groups is 2. The second-order valence-electron chi connectivity index (χ2n) is 26.4. The first kappa shape index (κ1) is 95.1. The smallest absolute Gasteiger partial charge is 0.537 e. The molecule has 0 unspecified atom stereocenters. The normalized spacial score (nSPS) is 12.6. The highest BCUT2D eigenvalue weighted by molar-refractivity contribution is 9.10. The van der Waals surface area contributed by atoms with E-state index in [1.807, 2.05) is 91.0 Å². The Bertz CT molecular complexity index is 6190. The molecule has 0 saturated carbocycles. The average molecular weight is 1930 g/mol. The third-order valence-electron chi connectivity index (χ3n) is 17.6. The van der Waals surface area contributed by atoms with E-state index in [1.165, 1.54) is 93.6 Å². The van der Waals surface area contributed by atoms with Crippen LogP contribution >= 0.6 is 102 Å². The van der Waals surface area contributed by atoms with E-state index in [1.54, 1.807) is 32.5 Å². The number of amides is 3. The number of aryl methyl sites for hydroxylation is 4. The zero-order chi connectivity index (χ0) is 88.7. The number of fused-ring (bicyclic) bond motifs is 4. The predicted molar refractivity (Wildman–Crippen MR) is 457 cm³/mol. The fourth-order valence-electron chi connectivity index (χ4n) is 11.4. The lowest BCUT2D eigenvalue weighted by Gasteiger charge is -2.18. The molecule has 3 amide bonds. The molecule has 4 aromatic heterocycles. The van der Waals surface area contributed by atoms with Gasteiger partial charge in [-0.2, -0.15) is 69.7 Å². The standard InChI is InChI=1S/C23H17F3N2S.C16H10BrF3N2.C16H10ClF3N2O2S.C8H7BF3O2.C8H4BrClN2.C7H8S.C5H6Cl2N2O2/c1-15-11-17(23(24,25)26)7-9-19(15)22-20-10-8-18(12-21(20)27-14-28-22)29-13-16-5-3-2-4-6-16;1-9-6-10(16(18,19)20)2-4-12(9)15-13-5-3-11(17)7-14(13)21-8-22-15;1-9-6-10(16(18,19)20)2-4-12(9)15-13-5-3-11(25(17,23)24)7-14(13)21-8-22-15;1-5-4-6(8(10,11)12)2-3-7(5)14-9-13;9-5-1-2-6-7(3-5)11-4-12-8(6)10;8-6-7-4-2-1-3-5-7;1-5(2)3(10)8(6)4(11)9(5)7/h2-12,14H,13H2,1H3;2-8H,1H3;2-8H,1H3;2-4,13H,1H3;1-4H;1-5,8H,6H2;1-2H3. The van der Waals surface area contributed by atoms with E-state index in [0.29, 0.717) is 84.2 Å². The van der Waals surface area contributed by atoms with Crippen LogP contribution in [-0.4, -0.2) is 87.3 Å². The van der Waals surface area contributed by atoms with Crippen molar-refractivity contribution in [2.24, 2.45) is 0 Å². The van der Waals surface area contributed by atoms with Crippen LogP contribution in [0.4, 0.5) is 57.5 Å². The number of imide groups is 1. The first-order valence-corrected chi connectivity index (χ1v) is 41.5. The monoisotopic (exact) mass is 1930 g/mol. The highest BCUT2D eigenvalue weighted by Crippen LogP contribution is 2.41. The minimum absolute atomic E-state index is 0.115. The molecule has 121 heavy (non-hydrogen) atoms. The SMILES string of the molecule is CC1(C)C(=O)N(Cl)C(=O)N1Cl.Cc1cc(C(F)(F)F)ccc1-c1ncnc2cc(Br)ccc12.Cc1cc(C(F)(F)F)ccc1-c1ncnc2cc(S(=O)(=O)Cl)ccc12.Cc1cc(C(F)(F)F)ccc1-c1ncnc2cc(SCc3ccccc3)ccc12.Cc1cc(C(F)(F)F)ccc1O[B]O.Clc1ncnc2cc(Br)ccc12.SCc1ccccc1. The summed E-state index contributed by atoms with van der Waals surface area (Å²) in [5.41, 5.74) is 6.64. The van der Waals surface area contributed by atoms with Gasteiger partial charge in [0, 0.05) is 97.8 Å². The highest BCUT2D eigenvalue weighted by atomic mass is 79.9. The van der Waals surface area contributed by atoms with Gasteiger partial charge in [0.15, 0.2) is 0 Å². The summed E-state index contributed by atoms with van der Waals surface area (Å²) in [7, 11) is 1.83. The highest BCUT2D eigenvalue weighted by Gasteiger charge is 2.51. The van der Waals surface area contributed by atoms with Crippen molar-refractivity contribution in [2.45, 2.75) is 93.1 Å². The van der Waals surface area contributed by atoms with Crippen LogP contribution in [-0.2, 0) is 50.1 Å². The Morgan fingerprint density at radius 1 is 0.479 bits per heavy atom. The van der Waals surface area contributed by atoms with Crippen LogP contribution in [0, 0.1) is 27.7 Å². The third-order valence-corrected chi connectivity index (χ3v) is 22.5. The maximum atomic E-state index is 13.0. The number of thiol groups is 1. The predicted octanol–water partition coefficient (Wildman–Crippen LogP) is 25.3. The van der Waals surface area contributed by atoms with Gasteiger partial charge in [0.2, 0.25) is 0 Å². The number of halogens is 18. The van der Waals surface area contributed by atoms with Crippen LogP contribution in [0.5, 0.6) is 5.75 Å². The van der Waals surface area contributed by atoms with Gasteiger partial charge in [0.05, 0.1) is 66.3 Å². The average Bonchev–Trinajstić information content (AvgIpc) is 1.68. The molecule has 14 aromatic rings. The Morgan fingerprint density at radius 2 is 0.851 bits per heavy atom. The van der Waals surface area contributed by atoms with Crippen molar-refractivity contribution in [2.75, 3.05) is 0 Å². The third kappa shape index (κ3) is 25.2. The van der Waals surface area contributed by atoms with Crippen molar-refractivity contribution < 1.29 is 80.4 Å². The number of alkyl halides is 12. The zero-order valence-corrected chi connectivity index (χ0v) is 72.2. The number of thioether (sulfide) groups is 1. The largest absolute Gasteiger partial charge is 0.569 e. The summed E-state index contributed by atoms with van der Waals surface area (Å²) in [6.07, 6.45) is -11.9. The molecule has 1 N–H and O–H groups in total. The Morgan fingerprint density at radius 3 is 1.21 bits per heavy atom. The summed E-state index contributed by atoms with van der Waals surface area (Å²) in [6.45, 7) is 9.37. The molecule has 15 rings (SSSR count). The van der Waals surface area contributed by atoms with Crippen molar-refractivity contribution in [1.29, 1.82) is 0 Å². The number of nitrogens with zero attached hydrogens (tertiary/aromatic N) is 10. The van der Waals surface area contributed by atoms with Gasteiger partial charge in [-0.05, 0) is 202 Å². The number of carbonyl (C=O) groups excluding carboxylic acids is 2. The molecular weight excluding hydrogens is 1870 g/mol. The van der Waals surface area contributed by atoms with E-state index in [-0.39, 0.29) is 10.6 Å². The summed E-state index contributed by atoms with van der Waals surface area (Å²) in [6, 6.07) is 54.7. The molecule has 1 aliphatic rings. The van der Waals surface area contributed by atoms with Gasteiger partial charge < -0.3 is 9.68 Å². The lowest BCUT2D eigenvalue weighted by molar-refractivity contribution is -0.138. The molecular formula is C83H62BBr2Cl4F12N10O6S3. The number of aromatic nitrogens is 8. The molecule has 1 fully saturated rings. The summed E-state index contributed by atoms with van der Waals surface area (Å²) >= 11 is 29.2. The first-order valence-electron chi connectivity index (χ1n) is 35.0. The Labute approximate surface area is 731 Å². The molecule has 0 atom stereocenters. The molecule has 1 aliphatic heterocycles. The number of hydrogen-bond acceptors (Lipinski definition) is 16. The molecule has 627 valence electrons. The van der Waals surface area contributed by atoms with Gasteiger partial charge in [-0.25, -0.2) is 57.5 Å². The number of hydrogen-bond donors (Lipinski definition) is 2. The fourth-order valence-corrected chi connectivity index (χ4v) is 14.6. The molecule has 0 aliphatic carbocycles. The molecule has 16 nitrogen and oxygen atoms in total. The van der Waals surface area contributed by atoms with Gasteiger partial charge in [0.1, 0.15) is 41.8 Å². The first-order chi connectivity index (χ1) is 56.9. The maximum Gasteiger partial charge on any atom is 0.569 e. The van der Waals surface area contributed by atoms with Crippen LogP contribution in [0.3, 0.4) is 0 Å². The number of urea groups is 1. The van der Waals surface area contributed by atoms with Crippen molar-refractivity contribution in [3.8, 4) is 39.5 Å². The summed E-state index contributed by atoms with van der Waals surface area (Å²) in [4.78, 5) is 56.2. The summed E-state index contributed by atoms with van der Waals surface area (Å²) in [5.74, 6) is 1.36. The van der Waals surface area contributed by atoms with Crippen LogP contribution in [0.2, 0.25) is 5.15 Å². The van der Waals surface area contributed by atoms with E-state index in [0.717, 1.165) is 117 Å². The van der Waals surface area contributed by atoms with Crippen LogP contribution < -0.4 is 4.65 Å². The minimum atomic E-state index is -4.43. The van der Waals surface area contributed by atoms with E-state index >= 15 is 0 Å². The summed E-state index contributed by atoms with van der Waals surface area (Å²) in [5, 5.41) is 11.8. The van der Waals surface area contributed by atoms with E-state index in [4.69, 9.17) is 50.9 Å². The van der Waals surface area contributed by atoms with E-state index in [9.17, 15) is 70.7 Å². The molecule has 1 saturated heterocycles. The van der Waals surface area contributed by atoms with Crippen LogP contribution in [0.25, 0.3) is 77.4 Å². The Kier molecular flexibility index (Phi) is 32.2. The lowest BCUT2D eigenvalue weighted by atomic mass is 9.99. The Balaban J connectivity index is 0.000000167. The molecule has 0 bridgehead atoms.